The van der Waals surface area contributed by atoms with Crippen LogP contribution in [-0.2, 0) is 13.1 Å². The quantitative estimate of drug-likeness (QED) is 0.0540. The van der Waals surface area contributed by atoms with Gasteiger partial charge in [-0.1, -0.05) is 154 Å². The highest BCUT2D eigenvalue weighted by molar-refractivity contribution is 7.15. The predicted octanol–water partition coefficient (Wildman–Crippen LogP) is 17.8. The monoisotopic (exact) mass is 784 g/mol. The second-order valence-electron chi connectivity index (χ2n) is 16.8. The van der Waals surface area contributed by atoms with Crippen LogP contribution in [0.25, 0.3) is 64.5 Å². The van der Waals surface area contributed by atoms with Gasteiger partial charge in [0.2, 0.25) is 0 Å². The van der Waals surface area contributed by atoms with Crippen LogP contribution in [0.15, 0.2) is 72.8 Å². The van der Waals surface area contributed by atoms with Crippen LogP contribution in [-0.4, -0.2) is 9.13 Å². The summed E-state index contributed by atoms with van der Waals surface area (Å²) in [6, 6.07) is 28.9. The largest absolute Gasteiger partial charge is 0.340 e. The van der Waals surface area contributed by atoms with Crippen LogP contribution in [0.2, 0.25) is 0 Å². The standard InChI is InChI=1S/C52H68N2S2/c1-5-7-9-11-13-15-17-19-21-23-33-53-47-35-41(51-31-25-39(3)55-51)27-29-43(47)45-38-50-46(37-49(45)53)44-30-28-42(52-32-26-40(4)56-52)36-48(44)54(50)34-24-22-20-18-16-14-12-10-8-6-2/h25-32,35-38H,5-24,33-34H2,1-4H3. The fraction of sp³-hybridized carbons (Fsp3) is 0.500. The molecule has 2 nitrogen and oxygen atoms in total. The van der Waals surface area contributed by atoms with E-state index in [1.807, 2.05) is 22.7 Å². The van der Waals surface area contributed by atoms with Gasteiger partial charge in [-0.15, -0.1) is 22.7 Å². The Morgan fingerprint density at radius 1 is 0.357 bits per heavy atom. The van der Waals surface area contributed by atoms with E-state index in [0.717, 1.165) is 13.1 Å². The molecular weight excluding hydrogens is 717 g/mol. The first-order valence-electron chi connectivity index (χ1n) is 22.7. The zero-order valence-corrected chi connectivity index (χ0v) is 36.8. The van der Waals surface area contributed by atoms with Crippen molar-refractivity contribution in [2.24, 2.45) is 0 Å². The number of unbranched alkanes of at least 4 members (excludes halogenated alkanes) is 18. The zero-order valence-electron chi connectivity index (χ0n) is 35.2. The Morgan fingerprint density at radius 3 is 1.04 bits per heavy atom. The highest BCUT2D eigenvalue weighted by Crippen LogP contribution is 2.41. The summed E-state index contributed by atoms with van der Waals surface area (Å²) >= 11 is 3.82. The second kappa shape index (κ2) is 20.4. The van der Waals surface area contributed by atoms with Crippen LogP contribution in [0.4, 0.5) is 0 Å². The molecule has 4 heterocycles. The fourth-order valence-corrected chi connectivity index (χ4v) is 10.9. The Bertz CT molecular complexity index is 2130. The summed E-state index contributed by atoms with van der Waals surface area (Å²) in [5.41, 5.74) is 8.29. The smallest absolute Gasteiger partial charge is 0.0499 e. The molecule has 0 bridgehead atoms. The number of hydrogen-bond donors (Lipinski definition) is 0. The van der Waals surface area contributed by atoms with E-state index in [-0.39, 0.29) is 0 Å². The lowest BCUT2D eigenvalue weighted by Crippen LogP contribution is -1.99. The molecule has 0 saturated carbocycles. The van der Waals surface area contributed by atoms with Crippen LogP contribution in [0.5, 0.6) is 0 Å². The maximum Gasteiger partial charge on any atom is 0.0499 e. The number of benzene rings is 3. The fourth-order valence-electron chi connectivity index (χ4n) is 9.16. The number of rotatable bonds is 24. The summed E-state index contributed by atoms with van der Waals surface area (Å²) in [7, 11) is 0. The maximum absolute atomic E-state index is 2.69. The van der Waals surface area contributed by atoms with Gasteiger partial charge in [-0.2, -0.15) is 0 Å². The molecule has 3 aromatic carbocycles. The third-order valence-corrected chi connectivity index (χ3v) is 14.5. The minimum atomic E-state index is 1.08. The van der Waals surface area contributed by atoms with E-state index >= 15 is 0 Å². The average molecular weight is 785 g/mol. The molecule has 298 valence electrons. The Labute approximate surface area is 346 Å². The highest BCUT2D eigenvalue weighted by Gasteiger charge is 2.19. The van der Waals surface area contributed by atoms with E-state index in [1.165, 1.54) is 203 Å². The van der Waals surface area contributed by atoms with Gasteiger partial charge < -0.3 is 9.13 Å². The van der Waals surface area contributed by atoms with Gasteiger partial charge in [0.15, 0.2) is 0 Å². The van der Waals surface area contributed by atoms with E-state index < -0.39 is 0 Å². The third kappa shape index (κ3) is 9.84. The Kier molecular flexibility index (Phi) is 14.9. The summed E-state index contributed by atoms with van der Waals surface area (Å²) < 4.78 is 5.38. The van der Waals surface area contributed by atoms with Crippen molar-refractivity contribution in [3.05, 3.63) is 82.6 Å². The molecule has 7 aromatic rings. The van der Waals surface area contributed by atoms with Gasteiger partial charge in [0.1, 0.15) is 0 Å². The molecular formula is C52H68N2S2. The van der Waals surface area contributed by atoms with E-state index in [4.69, 9.17) is 0 Å². The van der Waals surface area contributed by atoms with E-state index in [9.17, 15) is 0 Å². The Balaban J connectivity index is 1.20. The minimum absolute atomic E-state index is 1.08. The molecule has 0 N–H and O–H groups in total. The molecule has 0 spiro atoms. The lowest BCUT2D eigenvalue weighted by atomic mass is 10.1. The molecule has 0 aliphatic carbocycles. The van der Waals surface area contributed by atoms with Crippen molar-refractivity contribution in [2.75, 3.05) is 0 Å². The summed E-state index contributed by atoms with van der Waals surface area (Å²) in [6.45, 7) is 11.2. The van der Waals surface area contributed by atoms with Crippen molar-refractivity contribution in [1.29, 1.82) is 0 Å². The summed E-state index contributed by atoms with van der Waals surface area (Å²) in [4.78, 5) is 5.49. The normalized spacial score (nSPS) is 12.1. The molecule has 0 fully saturated rings. The molecule has 0 amide bonds. The lowest BCUT2D eigenvalue weighted by Gasteiger charge is -2.10. The predicted molar refractivity (Wildman–Crippen MR) is 252 cm³/mol. The number of aryl methyl sites for hydroxylation is 4. The number of aromatic nitrogens is 2. The highest BCUT2D eigenvalue weighted by atomic mass is 32.1. The minimum Gasteiger partial charge on any atom is -0.340 e. The lowest BCUT2D eigenvalue weighted by molar-refractivity contribution is 0.541. The molecule has 7 rings (SSSR count). The molecule has 56 heavy (non-hydrogen) atoms. The SMILES string of the molecule is CCCCCCCCCCCCn1c2cc(-c3ccc(C)s3)ccc2c2cc3c(cc21)c1ccc(-c2ccc(C)s2)cc1n3CCCCCCCCCCCC. The molecule has 0 saturated heterocycles. The van der Waals surface area contributed by atoms with Crippen molar-refractivity contribution >= 4 is 66.3 Å². The van der Waals surface area contributed by atoms with E-state index in [1.54, 1.807) is 0 Å². The molecule has 4 aromatic heterocycles. The molecule has 0 radical (unpaired) electrons. The first kappa shape index (κ1) is 40.8. The van der Waals surface area contributed by atoms with Crippen LogP contribution in [0.1, 0.15) is 152 Å². The topological polar surface area (TPSA) is 9.86 Å². The van der Waals surface area contributed by atoms with Gasteiger partial charge in [0.05, 0.1) is 0 Å². The van der Waals surface area contributed by atoms with Gasteiger partial charge in [-0.3, -0.25) is 0 Å². The molecule has 0 aliphatic rings. The van der Waals surface area contributed by atoms with Gasteiger partial charge in [-0.25, -0.2) is 0 Å². The van der Waals surface area contributed by atoms with Crippen LogP contribution >= 0.6 is 22.7 Å². The number of thiophene rings is 2. The number of nitrogens with zero attached hydrogens (tertiary/aromatic N) is 2. The Morgan fingerprint density at radius 2 is 0.696 bits per heavy atom. The van der Waals surface area contributed by atoms with Crippen molar-refractivity contribution in [2.45, 2.75) is 169 Å². The van der Waals surface area contributed by atoms with Crippen molar-refractivity contribution in [1.82, 2.24) is 9.13 Å². The van der Waals surface area contributed by atoms with E-state index in [0.29, 0.717) is 0 Å². The molecule has 4 heteroatoms. The third-order valence-electron chi connectivity index (χ3n) is 12.4. The first-order chi connectivity index (χ1) is 27.6. The number of hydrogen-bond acceptors (Lipinski definition) is 2. The molecule has 0 aliphatic heterocycles. The average Bonchev–Trinajstić information content (AvgIpc) is 3.99. The van der Waals surface area contributed by atoms with Gasteiger partial charge in [0.25, 0.3) is 0 Å². The number of fused-ring (bicyclic) bond motifs is 6. The van der Waals surface area contributed by atoms with Crippen molar-refractivity contribution in [3.63, 3.8) is 0 Å². The zero-order chi connectivity index (χ0) is 38.7. The van der Waals surface area contributed by atoms with Crippen LogP contribution in [0.3, 0.4) is 0 Å². The Hall–Kier alpha value is -3.34. The maximum atomic E-state index is 2.69. The van der Waals surface area contributed by atoms with Gasteiger partial charge in [-0.05, 0) is 86.3 Å². The summed E-state index contributed by atoms with van der Waals surface area (Å²) in [5, 5.41) is 5.62. The van der Waals surface area contributed by atoms with Crippen molar-refractivity contribution in [3.8, 4) is 20.9 Å². The molecule has 0 atom stereocenters. The van der Waals surface area contributed by atoms with Crippen LogP contribution in [0, 0.1) is 13.8 Å². The second-order valence-corrected chi connectivity index (χ2v) is 19.4. The van der Waals surface area contributed by atoms with E-state index in [2.05, 4.69) is 110 Å². The van der Waals surface area contributed by atoms with Crippen molar-refractivity contribution < 1.29 is 0 Å². The van der Waals surface area contributed by atoms with Crippen LogP contribution < -0.4 is 0 Å². The van der Waals surface area contributed by atoms with Gasteiger partial charge >= 0.3 is 0 Å². The molecule has 0 unspecified atom stereocenters. The summed E-state index contributed by atoms with van der Waals surface area (Å²) in [5.74, 6) is 0. The summed E-state index contributed by atoms with van der Waals surface area (Å²) in [6.07, 6.45) is 27.3. The first-order valence-corrected chi connectivity index (χ1v) is 24.3. The van der Waals surface area contributed by atoms with Gasteiger partial charge in [0, 0.05) is 76.2 Å².